The molecule has 0 aliphatic heterocycles. The van der Waals surface area contributed by atoms with Gasteiger partial charge < -0.3 is 26.2 Å². The minimum atomic E-state index is -0.268. The molecule has 0 radical (unpaired) electrons. The monoisotopic (exact) mass is 329 g/mol. The topological polar surface area (TPSA) is 156 Å². The highest BCUT2D eigenvalue weighted by molar-refractivity contribution is 5.85. The van der Waals surface area contributed by atoms with E-state index >= 15 is 0 Å². The van der Waals surface area contributed by atoms with Gasteiger partial charge in [-0.2, -0.15) is 10.2 Å². The highest BCUT2D eigenvalue weighted by Crippen LogP contribution is 2.24. The smallest absolute Gasteiger partial charge is 0.234 e. The highest BCUT2D eigenvalue weighted by atomic mass is 16.3. The van der Waals surface area contributed by atoms with Crippen molar-refractivity contribution >= 4 is 18.4 Å². The van der Waals surface area contributed by atoms with Crippen LogP contribution in [0.3, 0.4) is 0 Å². The number of phenols is 4. The molecule has 0 aromatic heterocycles. The second kappa shape index (κ2) is 7.49. The molecule has 24 heavy (non-hydrogen) atoms. The van der Waals surface area contributed by atoms with Gasteiger partial charge in [0.1, 0.15) is 0 Å². The van der Waals surface area contributed by atoms with Crippen molar-refractivity contribution in [2.45, 2.75) is 0 Å². The molecular weight excluding hydrogens is 314 g/mol. The third kappa shape index (κ3) is 4.63. The summed E-state index contributed by atoms with van der Waals surface area (Å²) in [4.78, 5) is 0. The molecule has 0 atom stereocenters. The van der Waals surface area contributed by atoms with Crippen LogP contribution >= 0.6 is 0 Å². The Morgan fingerprint density at radius 1 is 0.833 bits per heavy atom. The number of hydrogen-bond acceptors (Lipinski definition) is 7. The number of hydrogen-bond donors (Lipinski definition) is 6. The molecule has 0 saturated heterocycles. The Morgan fingerprint density at radius 2 is 1.38 bits per heavy atom. The Labute approximate surface area is 136 Å². The summed E-state index contributed by atoms with van der Waals surface area (Å²) < 4.78 is 0. The van der Waals surface area contributed by atoms with Crippen LogP contribution in [0.25, 0.3) is 0 Å². The first-order chi connectivity index (χ1) is 11.5. The number of rotatable bonds is 4. The summed E-state index contributed by atoms with van der Waals surface area (Å²) >= 11 is 0. The van der Waals surface area contributed by atoms with Gasteiger partial charge in [-0.1, -0.05) is 0 Å². The van der Waals surface area contributed by atoms with E-state index in [0.29, 0.717) is 11.1 Å². The number of nitrogens with one attached hydrogen (secondary N) is 1. The summed E-state index contributed by atoms with van der Waals surface area (Å²) in [6.45, 7) is 0. The molecule has 0 saturated carbocycles. The van der Waals surface area contributed by atoms with Crippen LogP contribution in [0.15, 0.2) is 51.7 Å². The minimum Gasteiger partial charge on any atom is -0.504 e. The van der Waals surface area contributed by atoms with E-state index in [4.69, 9.17) is 5.73 Å². The molecule has 2 rings (SSSR count). The Balaban J connectivity index is 1.93. The van der Waals surface area contributed by atoms with Gasteiger partial charge in [-0.25, -0.2) is 5.43 Å². The lowest BCUT2D eigenvalue weighted by Crippen LogP contribution is -2.26. The zero-order valence-electron chi connectivity index (χ0n) is 12.3. The standard InChI is InChI=1S/C15H15N5O4/c16-15(19-17-7-9-1-3-11(21)13(23)5-9)20-18-8-10-2-4-12(22)14(24)6-10/h1-8,21-24H,(H3,16,19,20). The van der Waals surface area contributed by atoms with Crippen LogP contribution in [0, 0.1) is 0 Å². The van der Waals surface area contributed by atoms with E-state index < -0.39 is 0 Å². The number of benzene rings is 2. The van der Waals surface area contributed by atoms with Crippen LogP contribution < -0.4 is 11.2 Å². The number of guanidine groups is 1. The number of phenolic OH excluding ortho intramolecular Hbond substituents is 4. The second-order valence-corrected chi connectivity index (χ2v) is 4.60. The van der Waals surface area contributed by atoms with Crippen LogP contribution in [0.5, 0.6) is 23.0 Å². The number of aromatic hydroxyl groups is 4. The Hall–Kier alpha value is -3.75. The van der Waals surface area contributed by atoms with E-state index in [9.17, 15) is 20.4 Å². The maximum Gasteiger partial charge on any atom is 0.234 e. The first kappa shape index (κ1) is 16.6. The zero-order valence-corrected chi connectivity index (χ0v) is 12.3. The average molecular weight is 329 g/mol. The molecule has 0 unspecified atom stereocenters. The van der Waals surface area contributed by atoms with Crippen LogP contribution in [0.4, 0.5) is 0 Å². The predicted molar refractivity (Wildman–Crippen MR) is 89.5 cm³/mol. The van der Waals surface area contributed by atoms with E-state index in [1.807, 2.05) is 0 Å². The Bertz CT molecular complexity index is 818. The van der Waals surface area contributed by atoms with Gasteiger partial charge in [-0.3, -0.25) is 0 Å². The molecule has 0 aliphatic carbocycles. The number of nitrogens with two attached hydrogens (primary N) is 1. The van der Waals surface area contributed by atoms with Crippen LogP contribution in [0.2, 0.25) is 0 Å². The summed E-state index contributed by atoms with van der Waals surface area (Å²) in [5, 5.41) is 48.2. The van der Waals surface area contributed by atoms with Crippen molar-refractivity contribution in [2.75, 3.05) is 0 Å². The third-order valence-corrected chi connectivity index (χ3v) is 2.76. The maximum atomic E-state index is 9.34. The molecule has 0 aliphatic rings. The fraction of sp³-hybridized carbons (Fsp3) is 0. The number of nitrogens with zero attached hydrogens (tertiary/aromatic N) is 3. The quantitative estimate of drug-likeness (QED) is 0.211. The van der Waals surface area contributed by atoms with Gasteiger partial charge in [-0.05, 0) is 47.5 Å². The maximum absolute atomic E-state index is 9.34. The van der Waals surface area contributed by atoms with Gasteiger partial charge in [0.15, 0.2) is 23.0 Å². The molecule has 9 heteroatoms. The SMILES string of the molecule is NC(=NN=Cc1ccc(O)c(O)c1)NN=Cc1ccc(O)c(O)c1. The second-order valence-electron chi connectivity index (χ2n) is 4.60. The molecule has 0 fully saturated rings. The summed E-state index contributed by atoms with van der Waals surface area (Å²) in [6.07, 6.45) is 2.69. The van der Waals surface area contributed by atoms with Crippen molar-refractivity contribution in [2.24, 2.45) is 21.0 Å². The van der Waals surface area contributed by atoms with E-state index in [1.165, 1.54) is 42.8 Å². The van der Waals surface area contributed by atoms with Crippen molar-refractivity contribution in [1.29, 1.82) is 0 Å². The van der Waals surface area contributed by atoms with Gasteiger partial charge in [0, 0.05) is 0 Å². The van der Waals surface area contributed by atoms with Gasteiger partial charge in [0.2, 0.25) is 5.96 Å². The minimum absolute atomic E-state index is 0.0894. The molecule has 0 amide bonds. The molecule has 124 valence electrons. The van der Waals surface area contributed by atoms with E-state index in [2.05, 4.69) is 20.7 Å². The summed E-state index contributed by atoms with van der Waals surface area (Å²) in [5.41, 5.74) is 9.02. The van der Waals surface area contributed by atoms with Gasteiger partial charge in [0.25, 0.3) is 0 Å². The summed E-state index contributed by atoms with van der Waals surface area (Å²) in [7, 11) is 0. The Kier molecular flexibility index (Phi) is 5.19. The first-order valence-electron chi connectivity index (χ1n) is 6.65. The van der Waals surface area contributed by atoms with E-state index in [1.54, 1.807) is 6.07 Å². The zero-order chi connectivity index (χ0) is 17.5. The fourth-order valence-corrected chi connectivity index (χ4v) is 1.59. The molecule has 2 aromatic rings. The average Bonchev–Trinajstić information content (AvgIpc) is 2.54. The lowest BCUT2D eigenvalue weighted by molar-refractivity contribution is 0.403. The van der Waals surface area contributed by atoms with Crippen molar-refractivity contribution in [3.63, 3.8) is 0 Å². The lowest BCUT2D eigenvalue weighted by atomic mass is 10.2. The molecule has 0 bridgehead atoms. The van der Waals surface area contributed by atoms with Crippen LogP contribution in [-0.2, 0) is 0 Å². The number of hydrazone groups is 1. The molecule has 0 spiro atoms. The van der Waals surface area contributed by atoms with Crippen molar-refractivity contribution < 1.29 is 20.4 Å². The molecule has 0 heterocycles. The molecule has 7 N–H and O–H groups in total. The van der Waals surface area contributed by atoms with Crippen LogP contribution in [0.1, 0.15) is 11.1 Å². The fourth-order valence-electron chi connectivity index (χ4n) is 1.59. The molecule has 2 aromatic carbocycles. The van der Waals surface area contributed by atoms with E-state index in [-0.39, 0.29) is 29.0 Å². The highest BCUT2D eigenvalue weighted by Gasteiger charge is 1.99. The molecule has 9 nitrogen and oxygen atoms in total. The van der Waals surface area contributed by atoms with Gasteiger partial charge >= 0.3 is 0 Å². The van der Waals surface area contributed by atoms with E-state index in [0.717, 1.165) is 0 Å². The Morgan fingerprint density at radius 3 is 1.92 bits per heavy atom. The van der Waals surface area contributed by atoms with Gasteiger partial charge in [-0.15, -0.1) is 5.10 Å². The first-order valence-corrected chi connectivity index (χ1v) is 6.65. The predicted octanol–water partition coefficient (Wildman–Crippen LogP) is 0.781. The lowest BCUT2D eigenvalue weighted by Gasteiger charge is -1.99. The van der Waals surface area contributed by atoms with Crippen LogP contribution in [-0.4, -0.2) is 38.8 Å². The largest absolute Gasteiger partial charge is 0.504 e. The molecular formula is C15H15N5O4. The summed E-state index contributed by atoms with van der Waals surface area (Å²) in [6, 6.07) is 8.36. The normalized spacial score (nSPS) is 12.1. The van der Waals surface area contributed by atoms with Crippen molar-refractivity contribution in [3.8, 4) is 23.0 Å². The van der Waals surface area contributed by atoms with Crippen molar-refractivity contribution in [1.82, 2.24) is 5.43 Å². The van der Waals surface area contributed by atoms with Gasteiger partial charge in [0.05, 0.1) is 12.4 Å². The van der Waals surface area contributed by atoms with Crippen molar-refractivity contribution in [3.05, 3.63) is 47.5 Å². The summed E-state index contributed by atoms with van der Waals surface area (Å²) in [5.74, 6) is -1.08. The third-order valence-electron chi connectivity index (χ3n) is 2.76.